The van der Waals surface area contributed by atoms with Crippen LogP contribution in [0.4, 0.5) is 5.69 Å². The number of pyridine rings is 1. The molecule has 3 fully saturated rings. The summed E-state index contributed by atoms with van der Waals surface area (Å²) in [6, 6.07) is 4.03. The van der Waals surface area contributed by atoms with Crippen molar-refractivity contribution in [2.24, 2.45) is 17.8 Å². The molecule has 1 aromatic heterocycles. The van der Waals surface area contributed by atoms with E-state index in [1.54, 1.807) is 6.20 Å². The lowest BCUT2D eigenvalue weighted by atomic mass is 9.62. The Morgan fingerprint density at radius 1 is 1.40 bits per heavy atom. The molecular weight excluding hydrogens is 208 g/mol. The first kappa shape index (κ1) is 9.46. The number of hydrogen-bond donors (Lipinski definition) is 0. The molecule has 1 saturated carbocycles. The first-order valence-corrected chi connectivity index (χ1v) is 5.98. The van der Waals surface area contributed by atoms with Crippen LogP contribution in [0, 0.1) is 17.8 Å². The van der Waals surface area contributed by atoms with Gasteiger partial charge in [-0.2, -0.15) is 0 Å². The Bertz CT molecular complexity index is 368. The van der Waals surface area contributed by atoms with E-state index in [9.17, 15) is 0 Å². The summed E-state index contributed by atoms with van der Waals surface area (Å²) in [6.07, 6.45) is 3.22. The molecule has 4 rings (SSSR count). The van der Waals surface area contributed by atoms with Gasteiger partial charge in [0.1, 0.15) is 5.15 Å². The van der Waals surface area contributed by atoms with E-state index in [1.165, 1.54) is 25.2 Å². The molecule has 0 radical (unpaired) electrons. The average molecular weight is 223 g/mol. The van der Waals surface area contributed by atoms with Gasteiger partial charge in [-0.15, -0.1) is 0 Å². The molecule has 0 amide bonds. The van der Waals surface area contributed by atoms with Crippen molar-refractivity contribution in [3.05, 3.63) is 23.5 Å². The van der Waals surface area contributed by atoms with Gasteiger partial charge in [-0.25, -0.2) is 4.98 Å². The molecule has 2 saturated heterocycles. The third-order valence-electron chi connectivity index (χ3n) is 4.08. The largest absolute Gasteiger partial charge is 0.371 e. The zero-order chi connectivity index (χ0) is 10.4. The van der Waals surface area contributed by atoms with E-state index in [4.69, 9.17) is 11.6 Å². The molecule has 15 heavy (non-hydrogen) atoms. The molecular formula is C12H15ClN2. The standard InChI is InChI=1S/C12H15ClN2/c1-8-9-4-10(8)7-15(6-9)11-2-3-14-12(13)5-11/h2-3,5,8-10H,4,6-7H2,1H3/t8?,9-,10+. The van der Waals surface area contributed by atoms with E-state index in [1.807, 2.05) is 6.07 Å². The maximum atomic E-state index is 5.90. The quantitative estimate of drug-likeness (QED) is 0.680. The third-order valence-corrected chi connectivity index (χ3v) is 4.28. The lowest BCUT2D eigenvalue weighted by Crippen LogP contribution is -2.54. The zero-order valence-corrected chi connectivity index (χ0v) is 9.61. The Labute approximate surface area is 95.3 Å². The predicted octanol–water partition coefficient (Wildman–Crippen LogP) is 2.83. The zero-order valence-electron chi connectivity index (χ0n) is 8.86. The molecule has 0 aromatic carbocycles. The van der Waals surface area contributed by atoms with Gasteiger partial charge in [0.15, 0.2) is 0 Å². The summed E-state index contributed by atoms with van der Waals surface area (Å²) in [5, 5.41) is 0.597. The first-order chi connectivity index (χ1) is 7.24. The molecule has 1 aliphatic carbocycles. The van der Waals surface area contributed by atoms with Crippen LogP contribution in [0.2, 0.25) is 5.15 Å². The van der Waals surface area contributed by atoms with Gasteiger partial charge < -0.3 is 4.90 Å². The number of rotatable bonds is 1. The number of aromatic nitrogens is 1. The number of nitrogens with zero attached hydrogens (tertiary/aromatic N) is 2. The number of fused-ring (bicyclic) bond motifs is 2. The van der Waals surface area contributed by atoms with Crippen LogP contribution in [0.15, 0.2) is 18.3 Å². The van der Waals surface area contributed by atoms with Crippen molar-refractivity contribution in [2.45, 2.75) is 13.3 Å². The van der Waals surface area contributed by atoms with Crippen molar-refractivity contribution in [1.29, 1.82) is 0 Å². The molecule has 80 valence electrons. The highest BCUT2D eigenvalue weighted by atomic mass is 35.5. The summed E-state index contributed by atoms with van der Waals surface area (Å²) in [4.78, 5) is 6.47. The van der Waals surface area contributed by atoms with Gasteiger partial charge >= 0.3 is 0 Å². The van der Waals surface area contributed by atoms with E-state index in [0.29, 0.717) is 5.15 Å². The molecule has 3 heterocycles. The molecule has 3 heteroatoms. The summed E-state index contributed by atoms with van der Waals surface area (Å²) >= 11 is 5.90. The van der Waals surface area contributed by atoms with Gasteiger partial charge in [-0.3, -0.25) is 0 Å². The van der Waals surface area contributed by atoms with Gasteiger partial charge in [-0.1, -0.05) is 18.5 Å². The van der Waals surface area contributed by atoms with Crippen molar-refractivity contribution in [1.82, 2.24) is 4.98 Å². The number of hydrogen-bond acceptors (Lipinski definition) is 2. The lowest BCUT2D eigenvalue weighted by Gasteiger charge is -2.53. The molecule has 3 aliphatic rings. The van der Waals surface area contributed by atoms with Crippen LogP contribution in [-0.4, -0.2) is 18.1 Å². The Balaban J connectivity index is 1.79. The van der Waals surface area contributed by atoms with Crippen LogP contribution in [0.5, 0.6) is 0 Å². The molecule has 3 atom stereocenters. The van der Waals surface area contributed by atoms with Gasteiger partial charge in [-0.05, 0) is 36.3 Å². The molecule has 1 aromatic rings. The van der Waals surface area contributed by atoms with E-state index in [0.717, 1.165) is 17.8 Å². The van der Waals surface area contributed by atoms with E-state index < -0.39 is 0 Å². The van der Waals surface area contributed by atoms with E-state index in [2.05, 4.69) is 22.9 Å². The fourth-order valence-corrected chi connectivity index (χ4v) is 3.10. The fraction of sp³-hybridized carbons (Fsp3) is 0.583. The smallest absolute Gasteiger partial charge is 0.131 e. The Kier molecular flexibility index (Phi) is 2.13. The highest BCUT2D eigenvalue weighted by molar-refractivity contribution is 6.29. The summed E-state index contributed by atoms with van der Waals surface area (Å²) in [7, 11) is 0. The van der Waals surface area contributed by atoms with Crippen LogP contribution in [0.25, 0.3) is 0 Å². The van der Waals surface area contributed by atoms with Crippen LogP contribution in [-0.2, 0) is 0 Å². The van der Waals surface area contributed by atoms with Gasteiger partial charge in [0.05, 0.1) is 0 Å². The maximum Gasteiger partial charge on any atom is 0.131 e. The van der Waals surface area contributed by atoms with Gasteiger partial charge in [0.25, 0.3) is 0 Å². The van der Waals surface area contributed by atoms with Crippen LogP contribution >= 0.6 is 11.6 Å². The summed E-state index contributed by atoms with van der Waals surface area (Å²) in [5.41, 5.74) is 1.23. The number of piperidine rings is 2. The minimum Gasteiger partial charge on any atom is -0.371 e. The van der Waals surface area contributed by atoms with Crippen molar-refractivity contribution >= 4 is 17.3 Å². The second kappa shape index (κ2) is 3.38. The fourth-order valence-electron chi connectivity index (χ4n) is 2.93. The molecule has 2 nitrogen and oxygen atoms in total. The second-order valence-corrected chi connectivity index (χ2v) is 5.24. The monoisotopic (exact) mass is 222 g/mol. The molecule has 1 unspecified atom stereocenters. The molecule has 2 bridgehead atoms. The van der Waals surface area contributed by atoms with E-state index >= 15 is 0 Å². The SMILES string of the molecule is CC1[C@@H]2C[C@H]1CN(c1ccnc(Cl)c1)C2. The lowest BCUT2D eigenvalue weighted by molar-refractivity contribution is 0.0639. The number of halogens is 1. The maximum absolute atomic E-state index is 5.90. The van der Waals surface area contributed by atoms with Crippen molar-refractivity contribution < 1.29 is 0 Å². The topological polar surface area (TPSA) is 16.1 Å². The first-order valence-electron chi connectivity index (χ1n) is 5.60. The second-order valence-electron chi connectivity index (χ2n) is 4.86. The Morgan fingerprint density at radius 2 is 2.13 bits per heavy atom. The van der Waals surface area contributed by atoms with Crippen molar-refractivity contribution in [3.63, 3.8) is 0 Å². The van der Waals surface area contributed by atoms with Crippen molar-refractivity contribution in [3.8, 4) is 0 Å². The highest BCUT2D eigenvalue weighted by Crippen LogP contribution is 2.46. The van der Waals surface area contributed by atoms with Gasteiger partial charge in [0.2, 0.25) is 0 Å². The molecule has 2 aliphatic heterocycles. The number of anilines is 1. The average Bonchev–Trinajstić information content (AvgIpc) is 2.28. The Hall–Kier alpha value is -0.760. The van der Waals surface area contributed by atoms with Crippen LogP contribution < -0.4 is 4.90 Å². The van der Waals surface area contributed by atoms with Crippen LogP contribution in [0.3, 0.4) is 0 Å². The van der Waals surface area contributed by atoms with Crippen molar-refractivity contribution in [2.75, 3.05) is 18.0 Å². The van der Waals surface area contributed by atoms with Crippen LogP contribution in [0.1, 0.15) is 13.3 Å². The van der Waals surface area contributed by atoms with Gasteiger partial charge in [0, 0.05) is 25.0 Å². The molecule has 0 N–H and O–H groups in total. The predicted molar refractivity (Wildman–Crippen MR) is 62.2 cm³/mol. The minimum atomic E-state index is 0.597. The summed E-state index contributed by atoms with van der Waals surface area (Å²) in [5.74, 6) is 2.73. The highest BCUT2D eigenvalue weighted by Gasteiger charge is 2.43. The normalized spacial score (nSPS) is 33.7. The Morgan fingerprint density at radius 3 is 2.73 bits per heavy atom. The third kappa shape index (κ3) is 1.51. The van der Waals surface area contributed by atoms with E-state index in [-0.39, 0.29) is 0 Å². The summed E-state index contributed by atoms with van der Waals surface area (Å²) < 4.78 is 0. The molecule has 0 spiro atoms. The summed E-state index contributed by atoms with van der Waals surface area (Å²) in [6.45, 7) is 4.77. The minimum absolute atomic E-state index is 0.597.